The normalized spacial score (nSPS) is 25.2. The van der Waals surface area contributed by atoms with E-state index in [9.17, 15) is 24.1 Å². The SMILES string of the molecule is CC(C)OC(=O)[C@H](C)NP(=O)(OCC1O[C@@H](n2ccc(=O)[nH]c2=O)[C@@](Cl)(C#CCl)C1O)Oc1ccccc1. The summed E-state index contributed by atoms with van der Waals surface area (Å²) in [4.78, 5) is 36.3. The number of aliphatic hydroxyl groups is 1. The Morgan fingerprint density at radius 2 is 1.97 bits per heavy atom. The van der Waals surface area contributed by atoms with E-state index in [4.69, 9.17) is 41.7 Å². The fraction of sp³-hybridized carbons (Fsp3) is 0.435. The molecule has 0 saturated carbocycles. The van der Waals surface area contributed by atoms with Gasteiger partial charge in [0.05, 0.1) is 12.7 Å². The summed E-state index contributed by atoms with van der Waals surface area (Å²) in [6.07, 6.45) is -3.65. The van der Waals surface area contributed by atoms with Crippen molar-refractivity contribution >= 4 is 36.9 Å². The molecule has 0 radical (unpaired) electrons. The fourth-order valence-electron chi connectivity index (χ4n) is 3.48. The minimum atomic E-state index is -4.30. The smallest absolute Gasteiger partial charge is 0.459 e. The molecule has 1 aliphatic rings. The molecule has 38 heavy (non-hydrogen) atoms. The molecule has 3 rings (SSSR count). The zero-order valence-electron chi connectivity index (χ0n) is 20.5. The lowest BCUT2D eigenvalue weighted by Gasteiger charge is -2.26. The van der Waals surface area contributed by atoms with Gasteiger partial charge in [-0.1, -0.05) is 35.7 Å². The lowest BCUT2D eigenvalue weighted by molar-refractivity contribution is -0.149. The van der Waals surface area contributed by atoms with Gasteiger partial charge in [-0.3, -0.25) is 23.7 Å². The van der Waals surface area contributed by atoms with Gasteiger partial charge >= 0.3 is 19.4 Å². The van der Waals surface area contributed by atoms with E-state index >= 15 is 0 Å². The number of nitrogens with one attached hydrogen (secondary N) is 2. The van der Waals surface area contributed by atoms with Gasteiger partial charge < -0.3 is 19.1 Å². The first kappa shape index (κ1) is 29.9. The monoisotopic (exact) mass is 589 g/mol. The van der Waals surface area contributed by atoms with Crippen LogP contribution in [0.1, 0.15) is 27.0 Å². The molecule has 2 heterocycles. The topological polar surface area (TPSA) is 158 Å². The Bertz CT molecular complexity index is 1360. The van der Waals surface area contributed by atoms with Gasteiger partial charge in [0.15, 0.2) is 11.1 Å². The summed E-state index contributed by atoms with van der Waals surface area (Å²) in [5, 5.41) is 15.5. The highest BCUT2D eigenvalue weighted by atomic mass is 35.5. The highest BCUT2D eigenvalue weighted by Gasteiger charge is 2.56. The fourth-order valence-corrected chi connectivity index (χ4v) is 5.53. The number of alkyl halides is 1. The molecular weight excluding hydrogens is 564 g/mol. The standard InChI is InChI=1S/C23H26Cl2N3O9P/c1-14(2)35-20(31)15(3)27-38(33,37-16-7-5-4-6-8-16)34-13-17-19(30)23(25,10-11-24)21(36-17)28-12-9-18(29)26-22(28)32/h4-9,12,14-15,17,19,21,30H,13H2,1-3H3,(H,27,33)(H,26,29,32)/t15-,17?,19?,21+,23+,38?/m0/s1. The van der Waals surface area contributed by atoms with Crippen LogP contribution in [0.2, 0.25) is 0 Å². The van der Waals surface area contributed by atoms with Crippen LogP contribution in [0.4, 0.5) is 0 Å². The van der Waals surface area contributed by atoms with Gasteiger partial charge in [-0.05, 0) is 44.5 Å². The van der Waals surface area contributed by atoms with Crippen molar-refractivity contribution in [2.24, 2.45) is 0 Å². The van der Waals surface area contributed by atoms with Crippen molar-refractivity contribution in [1.82, 2.24) is 14.6 Å². The van der Waals surface area contributed by atoms with Crippen molar-refractivity contribution in [3.05, 3.63) is 63.4 Å². The number of hydrogen-bond donors (Lipinski definition) is 3. The molecule has 0 amide bonds. The van der Waals surface area contributed by atoms with Crippen molar-refractivity contribution in [2.75, 3.05) is 6.61 Å². The summed E-state index contributed by atoms with van der Waals surface area (Å²) in [5.74, 6) is 1.88. The van der Waals surface area contributed by atoms with Crippen LogP contribution >= 0.6 is 30.9 Å². The number of H-pyrrole nitrogens is 1. The summed E-state index contributed by atoms with van der Waals surface area (Å²) in [6.45, 7) is 4.14. The number of ether oxygens (including phenoxy) is 2. The highest BCUT2D eigenvalue weighted by Crippen LogP contribution is 2.48. The second-order valence-electron chi connectivity index (χ2n) is 8.51. The molecule has 1 saturated heterocycles. The first-order chi connectivity index (χ1) is 17.9. The summed E-state index contributed by atoms with van der Waals surface area (Å²) in [7, 11) is -4.30. The van der Waals surface area contributed by atoms with E-state index in [1.165, 1.54) is 19.1 Å². The van der Waals surface area contributed by atoms with E-state index in [2.05, 4.69) is 21.4 Å². The highest BCUT2D eigenvalue weighted by molar-refractivity contribution is 7.52. The van der Waals surface area contributed by atoms with Crippen LogP contribution in [-0.4, -0.2) is 56.5 Å². The van der Waals surface area contributed by atoms with Gasteiger partial charge in [0.1, 0.15) is 24.0 Å². The Kier molecular flexibility index (Phi) is 9.84. The lowest BCUT2D eigenvalue weighted by atomic mass is 9.99. The number of nitrogens with zero attached hydrogens (tertiary/aromatic N) is 1. The molecule has 0 spiro atoms. The number of hydrogen-bond acceptors (Lipinski definition) is 9. The lowest BCUT2D eigenvalue weighted by Crippen LogP contribution is -2.44. The minimum Gasteiger partial charge on any atom is -0.462 e. The van der Waals surface area contributed by atoms with Gasteiger partial charge in [-0.25, -0.2) is 9.36 Å². The Morgan fingerprint density at radius 3 is 2.58 bits per heavy atom. The predicted octanol–water partition coefficient (Wildman–Crippen LogP) is 2.11. The van der Waals surface area contributed by atoms with Crippen molar-refractivity contribution in [3.8, 4) is 17.0 Å². The maximum absolute atomic E-state index is 13.7. The Morgan fingerprint density at radius 1 is 1.29 bits per heavy atom. The van der Waals surface area contributed by atoms with Gasteiger partial charge in [-0.15, -0.1) is 0 Å². The van der Waals surface area contributed by atoms with Gasteiger partial charge in [0.2, 0.25) is 0 Å². The van der Waals surface area contributed by atoms with E-state index < -0.39 is 67.0 Å². The third kappa shape index (κ3) is 7.07. The number of carbonyl (C=O) groups is 1. The second-order valence-corrected chi connectivity index (χ2v) is 11.0. The van der Waals surface area contributed by atoms with E-state index in [0.29, 0.717) is 0 Å². The number of para-hydroxylation sites is 1. The van der Waals surface area contributed by atoms with Gasteiger partial charge in [-0.2, -0.15) is 5.09 Å². The summed E-state index contributed by atoms with van der Waals surface area (Å²) in [5.41, 5.74) is -1.54. The number of esters is 1. The molecule has 12 nitrogen and oxygen atoms in total. The quantitative estimate of drug-likeness (QED) is 0.162. The minimum absolute atomic E-state index is 0.165. The molecule has 3 N–H and O–H groups in total. The first-order valence-corrected chi connectivity index (χ1v) is 13.6. The molecule has 206 valence electrons. The van der Waals surface area contributed by atoms with E-state index in [1.54, 1.807) is 32.0 Å². The number of benzene rings is 1. The summed E-state index contributed by atoms with van der Waals surface area (Å²) < 4.78 is 36.7. The van der Waals surface area contributed by atoms with Crippen LogP contribution in [0, 0.1) is 11.3 Å². The zero-order chi connectivity index (χ0) is 28.1. The van der Waals surface area contributed by atoms with Crippen LogP contribution < -0.4 is 20.9 Å². The van der Waals surface area contributed by atoms with Crippen molar-refractivity contribution < 1.29 is 33.0 Å². The molecule has 0 aliphatic carbocycles. The average Bonchev–Trinajstić information content (AvgIpc) is 3.08. The maximum atomic E-state index is 13.7. The molecule has 1 aromatic heterocycles. The van der Waals surface area contributed by atoms with Gasteiger partial charge in [0.25, 0.3) is 5.56 Å². The van der Waals surface area contributed by atoms with Crippen LogP contribution in [0.15, 0.2) is 52.2 Å². The average molecular weight is 590 g/mol. The van der Waals surface area contributed by atoms with E-state index in [0.717, 1.165) is 16.8 Å². The number of rotatable bonds is 10. The molecule has 1 fully saturated rings. The number of halogens is 2. The first-order valence-electron chi connectivity index (χ1n) is 11.3. The number of aliphatic hydroxyl groups excluding tert-OH is 1. The van der Waals surface area contributed by atoms with Crippen LogP contribution in [0.3, 0.4) is 0 Å². The van der Waals surface area contributed by atoms with Crippen molar-refractivity contribution in [2.45, 2.75) is 56.2 Å². The number of aromatic amines is 1. The van der Waals surface area contributed by atoms with E-state index in [1.807, 2.05) is 0 Å². The molecule has 1 aliphatic heterocycles. The summed E-state index contributed by atoms with van der Waals surface area (Å²) >= 11 is 12.1. The molecule has 15 heteroatoms. The third-order valence-corrected chi connectivity index (χ3v) is 7.47. The van der Waals surface area contributed by atoms with Gasteiger partial charge in [0, 0.05) is 17.6 Å². The molecular formula is C23H26Cl2N3O9P. The summed E-state index contributed by atoms with van der Waals surface area (Å²) in [6, 6.07) is 7.98. The molecule has 0 bridgehead atoms. The van der Waals surface area contributed by atoms with Crippen molar-refractivity contribution in [1.29, 1.82) is 0 Å². The van der Waals surface area contributed by atoms with Crippen LogP contribution in [0.25, 0.3) is 0 Å². The maximum Gasteiger partial charge on any atom is 0.459 e. The zero-order valence-corrected chi connectivity index (χ0v) is 22.9. The Labute approximate surface area is 227 Å². The largest absolute Gasteiger partial charge is 0.462 e. The third-order valence-electron chi connectivity index (χ3n) is 5.22. The number of aromatic nitrogens is 2. The molecule has 3 unspecified atom stereocenters. The molecule has 6 atom stereocenters. The van der Waals surface area contributed by atoms with E-state index in [-0.39, 0.29) is 5.75 Å². The second kappa shape index (κ2) is 12.5. The Balaban J connectivity index is 1.86. The van der Waals surface area contributed by atoms with Crippen LogP contribution in [0.5, 0.6) is 5.75 Å². The molecule has 1 aromatic carbocycles. The molecule has 2 aromatic rings. The number of carbonyl (C=O) groups excluding carboxylic acids is 1. The Hall–Kier alpha value is -2.62. The van der Waals surface area contributed by atoms with Crippen LogP contribution in [-0.2, 0) is 23.4 Å². The predicted molar refractivity (Wildman–Crippen MR) is 138 cm³/mol. The van der Waals surface area contributed by atoms with Crippen molar-refractivity contribution in [3.63, 3.8) is 0 Å².